The summed E-state index contributed by atoms with van der Waals surface area (Å²) in [5, 5.41) is 15.2. The maximum atomic E-state index is 14.0. The molecule has 2 aromatic rings. The lowest BCUT2D eigenvalue weighted by Crippen LogP contribution is -2.40. The summed E-state index contributed by atoms with van der Waals surface area (Å²) >= 11 is 6.35. The van der Waals surface area contributed by atoms with Crippen LogP contribution in [-0.4, -0.2) is 71.8 Å². The van der Waals surface area contributed by atoms with Gasteiger partial charge in [-0.25, -0.2) is 13.6 Å². The number of hydrogen-bond donors (Lipinski definition) is 4. The van der Waals surface area contributed by atoms with Gasteiger partial charge in [-0.05, 0) is 42.9 Å². The number of amides is 3. The number of β-amino-alcohol motifs (C(OH)–C–C–N with tert-alkyl or cyclic N) is 1. The lowest BCUT2D eigenvalue weighted by atomic mass is 10.1. The van der Waals surface area contributed by atoms with Crippen molar-refractivity contribution in [1.29, 1.82) is 0 Å². The lowest BCUT2D eigenvalue weighted by molar-refractivity contribution is 0.0128. The Bertz CT molecular complexity index is 1030. The van der Waals surface area contributed by atoms with Crippen LogP contribution in [0.1, 0.15) is 35.2 Å². The van der Waals surface area contributed by atoms with Crippen LogP contribution in [0.4, 0.5) is 18.6 Å². The standard InChI is InChI=1S/C22H28ClF2N5O5S/c23-13-9-16(24)15(17(25)10-13)12-35-20-18(19(26)32)21(36-29-20)28-22(33)27-4-2-1-3-14(31)11-30-5-7-34-8-6-30/h9-10,14,31H,1-8,11-12H2,(H2,26,32)(H2,27,28,33). The van der Waals surface area contributed by atoms with Gasteiger partial charge in [-0.2, -0.15) is 4.37 Å². The molecule has 0 saturated carbocycles. The molecule has 0 spiro atoms. The second kappa shape index (κ2) is 13.7. The van der Waals surface area contributed by atoms with Crippen molar-refractivity contribution in [3.63, 3.8) is 0 Å². The first kappa shape index (κ1) is 28.0. The van der Waals surface area contributed by atoms with E-state index in [1.807, 2.05) is 0 Å². The molecule has 5 N–H and O–H groups in total. The van der Waals surface area contributed by atoms with E-state index in [2.05, 4.69) is 19.9 Å². The van der Waals surface area contributed by atoms with Crippen LogP contribution in [-0.2, 0) is 11.3 Å². The summed E-state index contributed by atoms with van der Waals surface area (Å²) in [7, 11) is 0. The zero-order chi connectivity index (χ0) is 26.1. The Morgan fingerprint density at radius 3 is 2.64 bits per heavy atom. The number of ether oxygens (including phenoxy) is 2. The smallest absolute Gasteiger partial charge is 0.319 e. The van der Waals surface area contributed by atoms with Gasteiger partial charge in [0.15, 0.2) is 0 Å². The maximum Gasteiger partial charge on any atom is 0.319 e. The third kappa shape index (κ3) is 8.23. The van der Waals surface area contributed by atoms with E-state index in [0.717, 1.165) is 36.8 Å². The fraction of sp³-hybridized carbons (Fsp3) is 0.500. The van der Waals surface area contributed by atoms with Gasteiger partial charge in [0, 0.05) is 31.2 Å². The molecule has 3 rings (SSSR count). The van der Waals surface area contributed by atoms with Gasteiger partial charge in [-0.3, -0.25) is 15.0 Å². The van der Waals surface area contributed by atoms with Gasteiger partial charge < -0.3 is 25.6 Å². The molecule has 1 saturated heterocycles. The van der Waals surface area contributed by atoms with Crippen LogP contribution in [0.3, 0.4) is 0 Å². The summed E-state index contributed by atoms with van der Waals surface area (Å²) in [4.78, 5) is 26.3. The number of aliphatic hydroxyl groups is 1. The topological polar surface area (TPSA) is 139 Å². The van der Waals surface area contributed by atoms with E-state index in [1.165, 1.54) is 0 Å². The number of anilines is 1. The van der Waals surface area contributed by atoms with Gasteiger partial charge in [0.1, 0.15) is 28.8 Å². The van der Waals surface area contributed by atoms with E-state index < -0.39 is 41.8 Å². The summed E-state index contributed by atoms with van der Waals surface area (Å²) in [6.07, 6.45) is 1.53. The molecule has 36 heavy (non-hydrogen) atoms. The van der Waals surface area contributed by atoms with Gasteiger partial charge in [-0.15, -0.1) is 0 Å². The number of halogens is 3. The van der Waals surface area contributed by atoms with Crippen LogP contribution in [0.25, 0.3) is 0 Å². The first-order valence-electron chi connectivity index (χ1n) is 11.3. The molecule has 1 atom stereocenters. The molecule has 1 aliphatic rings. The zero-order valence-electron chi connectivity index (χ0n) is 19.4. The van der Waals surface area contributed by atoms with E-state index in [-0.39, 0.29) is 21.5 Å². The van der Waals surface area contributed by atoms with Crippen LogP contribution < -0.4 is 21.1 Å². The quantitative estimate of drug-likeness (QED) is 0.300. The number of carbonyl (C=O) groups excluding carboxylic acids is 2. The third-order valence-electron chi connectivity index (χ3n) is 5.42. The predicted molar refractivity (Wildman–Crippen MR) is 130 cm³/mol. The number of rotatable bonds is 12. The first-order valence-corrected chi connectivity index (χ1v) is 12.5. The molecule has 1 unspecified atom stereocenters. The number of urea groups is 1. The van der Waals surface area contributed by atoms with E-state index >= 15 is 0 Å². The molecular formula is C22H28ClF2N5O5S. The Hall–Kier alpha value is -2.58. The number of aliphatic hydroxyl groups excluding tert-OH is 1. The fourth-order valence-corrected chi connectivity index (χ4v) is 4.48. The molecular weight excluding hydrogens is 520 g/mol. The van der Waals surface area contributed by atoms with Crippen LogP contribution in [0.2, 0.25) is 5.02 Å². The number of carbonyl (C=O) groups is 2. The van der Waals surface area contributed by atoms with E-state index in [1.54, 1.807) is 0 Å². The monoisotopic (exact) mass is 547 g/mol. The molecule has 1 fully saturated rings. The Morgan fingerprint density at radius 1 is 1.28 bits per heavy atom. The van der Waals surface area contributed by atoms with Gasteiger partial charge in [0.2, 0.25) is 5.88 Å². The van der Waals surface area contributed by atoms with Gasteiger partial charge in [-0.1, -0.05) is 11.6 Å². The average molecular weight is 548 g/mol. The van der Waals surface area contributed by atoms with Crippen molar-refractivity contribution < 1.29 is 33.0 Å². The summed E-state index contributed by atoms with van der Waals surface area (Å²) in [5.41, 5.74) is 4.79. The number of nitrogens with zero attached hydrogens (tertiary/aromatic N) is 2. The minimum absolute atomic E-state index is 0.0352. The molecule has 198 valence electrons. The Morgan fingerprint density at radius 2 is 1.97 bits per heavy atom. The number of unbranched alkanes of at least 4 members (excludes halogenated alkanes) is 1. The van der Waals surface area contributed by atoms with Crippen molar-refractivity contribution in [3.8, 4) is 5.88 Å². The highest BCUT2D eigenvalue weighted by molar-refractivity contribution is 7.11. The minimum atomic E-state index is -0.930. The van der Waals surface area contributed by atoms with Crippen molar-refractivity contribution in [2.45, 2.75) is 32.0 Å². The zero-order valence-corrected chi connectivity index (χ0v) is 21.0. The van der Waals surface area contributed by atoms with Crippen LogP contribution in [0.5, 0.6) is 5.88 Å². The molecule has 0 radical (unpaired) electrons. The fourth-order valence-electron chi connectivity index (χ4n) is 3.55. The summed E-state index contributed by atoms with van der Waals surface area (Å²) in [6, 6.07) is 1.28. The molecule has 1 aromatic carbocycles. The van der Waals surface area contributed by atoms with Crippen LogP contribution in [0, 0.1) is 11.6 Å². The Balaban J connectivity index is 1.44. The van der Waals surface area contributed by atoms with E-state index in [9.17, 15) is 23.5 Å². The Kier molecular flexibility index (Phi) is 10.6. The van der Waals surface area contributed by atoms with Gasteiger partial charge in [0.05, 0.1) is 24.9 Å². The molecule has 14 heteroatoms. The molecule has 0 bridgehead atoms. The second-order valence-corrected chi connectivity index (χ2v) is 9.35. The predicted octanol–water partition coefficient (Wildman–Crippen LogP) is 2.74. The van der Waals surface area contributed by atoms with E-state index in [4.69, 9.17) is 26.8 Å². The lowest BCUT2D eigenvalue weighted by Gasteiger charge is -2.28. The molecule has 0 aliphatic carbocycles. The number of nitrogens with two attached hydrogens (primary N) is 1. The highest BCUT2D eigenvalue weighted by atomic mass is 35.5. The second-order valence-electron chi connectivity index (χ2n) is 8.14. The number of hydrogen-bond acceptors (Lipinski definition) is 8. The number of nitrogens with one attached hydrogen (secondary N) is 2. The van der Waals surface area contributed by atoms with Crippen molar-refractivity contribution in [1.82, 2.24) is 14.6 Å². The summed E-state index contributed by atoms with van der Waals surface area (Å²) in [6.45, 7) is 3.35. The molecule has 1 aliphatic heterocycles. The number of benzene rings is 1. The SMILES string of the molecule is NC(=O)c1c(OCc2c(F)cc(Cl)cc2F)nsc1NC(=O)NCCCCC(O)CN1CCOCC1. The van der Waals surface area contributed by atoms with Crippen molar-refractivity contribution in [2.75, 3.05) is 44.7 Å². The van der Waals surface area contributed by atoms with Gasteiger partial charge in [0.25, 0.3) is 5.91 Å². The minimum Gasteiger partial charge on any atom is -0.471 e. The van der Waals surface area contributed by atoms with Crippen molar-refractivity contribution in [3.05, 3.63) is 39.9 Å². The van der Waals surface area contributed by atoms with Crippen LogP contribution >= 0.6 is 23.1 Å². The van der Waals surface area contributed by atoms with Crippen molar-refractivity contribution in [2.24, 2.45) is 5.73 Å². The number of aromatic nitrogens is 1. The molecule has 10 nitrogen and oxygen atoms in total. The maximum absolute atomic E-state index is 14.0. The Labute approximate surface area is 215 Å². The highest BCUT2D eigenvalue weighted by Gasteiger charge is 2.23. The largest absolute Gasteiger partial charge is 0.471 e. The molecule has 1 aromatic heterocycles. The average Bonchev–Trinajstić information content (AvgIpc) is 3.21. The third-order valence-corrected chi connectivity index (χ3v) is 6.38. The van der Waals surface area contributed by atoms with Crippen molar-refractivity contribution >= 4 is 40.1 Å². The van der Waals surface area contributed by atoms with Crippen LogP contribution in [0.15, 0.2) is 12.1 Å². The highest BCUT2D eigenvalue weighted by Crippen LogP contribution is 2.31. The van der Waals surface area contributed by atoms with E-state index in [0.29, 0.717) is 45.6 Å². The number of morpholine rings is 1. The number of primary amides is 1. The molecule has 3 amide bonds. The first-order chi connectivity index (χ1) is 17.2. The summed E-state index contributed by atoms with van der Waals surface area (Å²) in [5.74, 6) is -3.02. The van der Waals surface area contributed by atoms with Gasteiger partial charge >= 0.3 is 6.03 Å². The normalized spacial score (nSPS) is 14.9. The molecule has 2 heterocycles. The summed E-state index contributed by atoms with van der Waals surface area (Å²) < 4.78 is 42.5.